The van der Waals surface area contributed by atoms with Crippen LogP contribution in [-0.4, -0.2) is 56.5 Å². The van der Waals surface area contributed by atoms with Crippen LogP contribution in [0.25, 0.3) is 5.82 Å². The van der Waals surface area contributed by atoms with Crippen LogP contribution in [-0.2, 0) is 0 Å². The van der Waals surface area contributed by atoms with Gasteiger partial charge in [0.1, 0.15) is 23.8 Å². The van der Waals surface area contributed by atoms with Crippen LogP contribution >= 0.6 is 22.9 Å². The number of carbonyl (C=O) groups excluding carboxylic acids is 1. The Hall–Kier alpha value is -2.45. The first-order chi connectivity index (χ1) is 12.6. The number of imidazole rings is 1. The van der Waals surface area contributed by atoms with Crippen molar-refractivity contribution in [2.24, 2.45) is 0 Å². The van der Waals surface area contributed by atoms with Gasteiger partial charge in [0.25, 0.3) is 5.91 Å². The SMILES string of the molecule is Cc1nccn1-c1cc(N2CCN(C(=O)c3ccc(Cl)s3)CC2)ncn1. The molecular formula is C17H17ClN6OS. The van der Waals surface area contributed by atoms with Crippen molar-refractivity contribution in [1.29, 1.82) is 0 Å². The first kappa shape index (κ1) is 17.0. The molecular weight excluding hydrogens is 372 g/mol. The third-order valence-corrected chi connectivity index (χ3v) is 5.60. The molecule has 26 heavy (non-hydrogen) atoms. The molecule has 0 atom stereocenters. The zero-order valence-corrected chi connectivity index (χ0v) is 15.7. The normalized spacial score (nSPS) is 14.7. The fraction of sp³-hybridized carbons (Fsp3) is 0.294. The van der Waals surface area contributed by atoms with Crippen molar-refractivity contribution in [2.75, 3.05) is 31.1 Å². The second-order valence-corrected chi connectivity index (χ2v) is 7.68. The number of rotatable bonds is 3. The highest BCUT2D eigenvalue weighted by molar-refractivity contribution is 7.17. The summed E-state index contributed by atoms with van der Waals surface area (Å²) >= 11 is 7.25. The maximum absolute atomic E-state index is 12.5. The Morgan fingerprint density at radius 3 is 2.54 bits per heavy atom. The Bertz CT molecular complexity index is 931. The number of piperazine rings is 1. The van der Waals surface area contributed by atoms with Gasteiger partial charge in [0.15, 0.2) is 0 Å². The molecule has 0 saturated carbocycles. The molecule has 1 saturated heterocycles. The van der Waals surface area contributed by atoms with Crippen molar-refractivity contribution in [2.45, 2.75) is 6.92 Å². The molecule has 3 aromatic heterocycles. The van der Waals surface area contributed by atoms with E-state index in [9.17, 15) is 4.79 Å². The van der Waals surface area contributed by atoms with Gasteiger partial charge in [0.2, 0.25) is 0 Å². The van der Waals surface area contributed by atoms with Crippen molar-refractivity contribution in [3.05, 3.63) is 52.0 Å². The molecule has 7 nitrogen and oxygen atoms in total. The standard InChI is InChI=1S/C17H17ClN6OS/c1-12-19-4-5-24(12)16-10-15(20-11-21-16)22-6-8-23(9-7-22)17(25)13-2-3-14(18)26-13/h2-5,10-11H,6-9H2,1H3. The molecule has 9 heteroatoms. The fourth-order valence-electron chi connectivity index (χ4n) is 2.99. The van der Waals surface area contributed by atoms with Crippen LogP contribution in [0.1, 0.15) is 15.5 Å². The van der Waals surface area contributed by atoms with Gasteiger partial charge >= 0.3 is 0 Å². The van der Waals surface area contributed by atoms with Gasteiger partial charge in [-0.25, -0.2) is 15.0 Å². The summed E-state index contributed by atoms with van der Waals surface area (Å²) in [4.78, 5) is 30.2. The van der Waals surface area contributed by atoms with Gasteiger partial charge in [0, 0.05) is 44.6 Å². The van der Waals surface area contributed by atoms with E-state index in [4.69, 9.17) is 11.6 Å². The zero-order valence-electron chi connectivity index (χ0n) is 14.2. The lowest BCUT2D eigenvalue weighted by Gasteiger charge is -2.35. The Balaban J connectivity index is 1.45. The fourth-order valence-corrected chi connectivity index (χ4v) is 4.00. The second kappa shape index (κ2) is 7.05. The number of halogens is 1. The monoisotopic (exact) mass is 388 g/mol. The van der Waals surface area contributed by atoms with Crippen LogP contribution in [0.5, 0.6) is 0 Å². The van der Waals surface area contributed by atoms with Crippen LogP contribution in [0.4, 0.5) is 5.82 Å². The molecule has 0 aliphatic carbocycles. The molecule has 0 spiro atoms. The van der Waals surface area contributed by atoms with Crippen molar-refractivity contribution in [3.63, 3.8) is 0 Å². The Kier molecular flexibility index (Phi) is 4.60. The Morgan fingerprint density at radius 2 is 1.88 bits per heavy atom. The highest BCUT2D eigenvalue weighted by Gasteiger charge is 2.24. The summed E-state index contributed by atoms with van der Waals surface area (Å²) in [5.74, 6) is 2.56. The van der Waals surface area contributed by atoms with Crippen molar-refractivity contribution >= 4 is 34.7 Å². The third-order valence-electron chi connectivity index (χ3n) is 4.39. The first-order valence-electron chi connectivity index (χ1n) is 8.24. The molecule has 0 N–H and O–H groups in total. The molecule has 0 aromatic carbocycles. The van der Waals surface area contributed by atoms with Gasteiger partial charge in [-0.15, -0.1) is 11.3 Å². The summed E-state index contributed by atoms with van der Waals surface area (Å²) in [6.45, 7) is 4.69. The number of carbonyl (C=O) groups is 1. The number of hydrogen-bond acceptors (Lipinski definition) is 6. The maximum atomic E-state index is 12.5. The van der Waals surface area contributed by atoms with E-state index >= 15 is 0 Å². The van der Waals surface area contributed by atoms with E-state index in [0.717, 1.165) is 30.5 Å². The summed E-state index contributed by atoms with van der Waals surface area (Å²) < 4.78 is 2.56. The molecule has 0 unspecified atom stereocenters. The van der Waals surface area contributed by atoms with Gasteiger partial charge in [-0.2, -0.15) is 0 Å². The number of aromatic nitrogens is 4. The van der Waals surface area contributed by atoms with E-state index in [-0.39, 0.29) is 5.91 Å². The zero-order chi connectivity index (χ0) is 18.1. The minimum absolute atomic E-state index is 0.0407. The molecule has 4 heterocycles. The van der Waals surface area contributed by atoms with Gasteiger partial charge in [-0.1, -0.05) is 11.6 Å². The molecule has 0 bridgehead atoms. The average molecular weight is 389 g/mol. The van der Waals surface area contributed by atoms with E-state index in [0.29, 0.717) is 22.3 Å². The van der Waals surface area contributed by atoms with Gasteiger partial charge in [0.05, 0.1) is 9.21 Å². The predicted molar refractivity (Wildman–Crippen MR) is 101 cm³/mol. The van der Waals surface area contributed by atoms with Crippen LogP contribution < -0.4 is 4.90 Å². The Morgan fingerprint density at radius 1 is 1.12 bits per heavy atom. The molecule has 1 aliphatic rings. The van der Waals surface area contributed by atoms with E-state index < -0.39 is 0 Å². The van der Waals surface area contributed by atoms with Crippen LogP contribution in [0.2, 0.25) is 4.34 Å². The van der Waals surface area contributed by atoms with Gasteiger partial charge < -0.3 is 9.80 Å². The lowest BCUT2D eigenvalue weighted by molar-refractivity contribution is 0.0751. The number of aryl methyl sites for hydroxylation is 1. The molecule has 1 fully saturated rings. The Labute approximate surface area is 159 Å². The summed E-state index contributed by atoms with van der Waals surface area (Å²) in [6, 6.07) is 5.49. The van der Waals surface area contributed by atoms with E-state index in [1.807, 2.05) is 28.7 Å². The topological polar surface area (TPSA) is 67.2 Å². The van der Waals surface area contributed by atoms with Crippen molar-refractivity contribution in [1.82, 2.24) is 24.4 Å². The van der Waals surface area contributed by atoms with E-state index in [1.54, 1.807) is 24.7 Å². The van der Waals surface area contributed by atoms with Crippen molar-refractivity contribution < 1.29 is 4.79 Å². The summed E-state index contributed by atoms with van der Waals surface area (Å²) in [5.41, 5.74) is 0. The van der Waals surface area contributed by atoms with E-state index in [1.165, 1.54) is 11.3 Å². The van der Waals surface area contributed by atoms with Gasteiger partial charge in [-0.05, 0) is 19.1 Å². The molecule has 4 rings (SSSR count). The van der Waals surface area contributed by atoms with Crippen LogP contribution in [0, 0.1) is 6.92 Å². The highest BCUT2D eigenvalue weighted by Crippen LogP contribution is 2.24. The van der Waals surface area contributed by atoms with Crippen molar-refractivity contribution in [3.8, 4) is 5.82 Å². The lowest BCUT2D eigenvalue weighted by Crippen LogP contribution is -2.48. The lowest BCUT2D eigenvalue weighted by atomic mass is 10.3. The highest BCUT2D eigenvalue weighted by atomic mass is 35.5. The van der Waals surface area contributed by atoms with Gasteiger partial charge in [-0.3, -0.25) is 9.36 Å². The third kappa shape index (κ3) is 3.30. The van der Waals surface area contributed by atoms with Crippen LogP contribution in [0.15, 0.2) is 36.9 Å². The number of amides is 1. The summed E-state index contributed by atoms with van der Waals surface area (Å²) in [6.07, 6.45) is 5.19. The first-order valence-corrected chi connectivity index (χ1v) is 9.43. The smallest absolute Gasteiger partial charge is 0.264 e. The molecule has 134 valence electrons. The average Bonchev–Trinajstić information content (AvgIpc) is 3.30. The molecule has 1 aliphatic heterocycles. The number of nitrogens with zero attached hydrogens (tertiary/aromatic N) is 6. The quantitative estimate of drug-likeness (QED) is 0.690. The van der Waals surface area contributed by atoms with E-state index in [2.05, 4.69) is 19.9 Å². The molecule has 3 aromatic rings. The van der Waals surface area contributed by atoms with Crippen LogP contribution in [0.3, 0.4) is 0 Å². The summed E-state index contributed by atoms with van der Waals surface area (Å²) in [7, 11) is 0. The second-order valence-electron chi connectivity index (χ2n) is 5.96. The summed E-state index contributed by atoms with van der Waals surface area (Å²) in [5, 5.41) is 0. The number of anilines is 1. The molecule has 1 amide bonds. The minimum atomic E-state index is 0.0407. The predicted octanol–water partition coefficient (Wildman–Crippen LogP) is 2.65. The molecule has 0 radical (unpaired) electrons. The largest absolute Gasteiger partial charge is 0.353 e. The number of thiophene rings is 1. The maximum Gasteiger partial charge on any atom is 0.264 e. The number of hydrogen-bond donors (Lipinski definition) is 0. The minimum Gasteiger partial charge on any atom is -0.353 e.